The Hall–Kier alpha value is -12.1. The van der Waals surface area contributed by atoms with Gasteiger partial charge in [-0.1, -0.05) is 294 Å². The van der Waals surface area contributed by atoms with E-state index in [1.807, 2.05) is 170 Å². The number of benzene rings is 12. The van der Waals surface area contributed by atoms with E-state index in [1.54, 1.807) is 65.8 Å². The van der Waals surface area contributed by atoms with Gasteiger partial charge in [-0.15, -0.1) is 0 Å². The van der Waals surface area contributed by atoms with Crippen molar-refractivity contribution in [3.05, 3.63) is 403 Å². The maximum Gasteiger partial charge on any atom is 0.337 e. The number of carboxylic acids is 1. The highest BCUT2D eigenvalue weighted by Gasteiger charge is 2.37. The summed E-state index contributed by atoms with van der Waals surface area (Å²) in [5.74, 6) is -3.66. The van der Waals surface area contributed by atoms with Crippen LogP contribution in [0.3, 0.4) is 0 Å². The average Bonchev–Trinajstić information content (AvgIpc) is 0.933. The first-order valence-corrected chi connectivity index (χ1v) is 52.9. The number of aryl methyl sites for hydroxylation is 1. The van der Waals surface area contributed by atoms with Crippen molar-refractivity contribution < 1.29 is 76.1 Å². The summed E-state index contributed by atoms with van der Waals surface area (Å²) in [6.07, 6.45) is 6.99. The summed E-state index contributed by atoms with van der Waals surface area (Å²) >= 11 is 17.6. The van der Waals surface area contributed by atoms with E-state index in [4.69, 9.17) is 34.8 Å². The average molecular weight is 1990 g/mol. The van der Waals surface area contributed by atoms with Gasteiger partial charge in [-0.25, -0.2) is 60.0 Å². The van der Waals surface area contributed by atoms with E-state index in [9.17, 15) is 80.9 Å². The normalized spacial score (nSPS) is 13.7. The van der Waals surface area contributed by atoms with E-state index in [0.717, 1.165) is 112 Å². The van der Waals surface area contributed by atoms with Crippen LogP contribution in [0.1, 0.15) is 119 Å². The number of carboxylic acid groups (broad SMARTS) is 1. The zero-order chi connectivity index (χ0) is 98.4. The number of nitrogens with one attached hydrogen (secondary N) is 1. The van der Waals surface area contributed by atoms with Gasteiger partial charge in [-0.3, -0.25) is 9.10 Å². The van der Waals surface area contributed by atoms with Crippen LogP contribution in [0.4, 0.5) is 14.5 Å². The number of aromatic amines is 1. The number of sulfone groups is 3. The maximum atomic E-state index is 14.2. The van der Waals surface area contributed by atoms with Crippen molar-refractivity contribution in [3.8, 4) is 55.6 Å². The van der Waals surface area contributed by atoms with Gasteiger partial charge in [0.1, 0.15) is 33.8 Å². The molecule has 29 heteroatoms. The van der Waals surface area contributed by atoms with Gasteiger partial charge in [-0.2, -0.15) is 0 Å². The summed E-state index contributed by atoms with van der Waals surface area (Å²) in [5.41, 5.74) is 13.4. The van der Waals surface area contributed by atoms with Gasteiger partial charge >= 0.3 is 5.97 Å². The summed E-state index contributed by atoms with van der Waals surface area (Å²) in [6, 6.07) is 81.5. The van der Waals surface area contributed by atoms with Crippen LogP contribution in [0.15, 0.2) is 320 Å². The number of rotatable bonds is 25. The van der Waals surface area contributed by atoms with E-state index < -0.39 is 83.4 Å². The molecule has 2 aliphatic carbocycles. The Labute approximate surface area is 809 Å². The lowest BCUT2D eigenvalue weighted by Gasteiger charge is -2.38. The number of halogens is 5. The molecule has 0 amide bonds. The van der Waals surface area contributed by atoms with Crippen molar-refractivity contribution in [1.82, 2.24) is 9.29 Å². The lowest BCUT2D eigenvalue weighted by molar-refractivity contribution is 0.0697. The van der Waals surface area contributed by atoms with Crippen LogP contribution in [0.25, 0.3) is 72.9 Å². The predicted molar refractivity (Wildman–Crippen MR) is 542 cm³/mol. The Morgan fingerprint density at radius 3 is 1.32 bits per heavy atom. The van der Waals surface area contributed by atoms with E-state index in [-0.39, 0.29) is 99.2 Å². The molecule has 1 saturated heterocycles. The number of nitrogens with zero attached hydrogens (tertiary/aromatic N) is 2. The summed E-state index contributed by atoms with van der Waals surface area (Å²) in [5, 5.41) is 39.5. The van der Waals surface area contributed by atoms with Crippen molar-refractivity contribution >= 4 is 113 Å². The van der Waals surface area contributed by atoms with Crippen molar-refractivity contribution in [1.29, 1.82) is 0 Å². The Bertz CT molecular complexity index is 7230. The second kappa shape index (κ2) is 44.4. The number of anilines is 1. The van der Waals surface area contributed by atoms with Crippen LogP contribution < -0.4 is 9.86 Å². The largest absolute Gasteiger partial charge is 0.508 e. The first-order valence-electron chi connectivity index (χ1n) is 43.5. The number of sulfonamides is 2. The van der Waals surface area contributed by atoms with Crippen molar-refractivity contribution in [2.45, 2.75) is 111 Å². The monoisotopic (exact) mass is 1990 g/mol. The van der Waals surface area contributed by atoms with Gasteiger partial charge in [0.05, 0.1) is 55.2 Å². The van der Waals surface area contributed by atoms with Crippen molar-refractivity contribution in [2.75, 3.05) is 30.2 Å². The number of pyridine rings is 1. The molecule has 16 rings (SSSR count). The number of H-pyrrole nitrogens is 1. The fourth-order valence-corrected chi connectivity index (χ4v) is 25.6. The molecule has 1 saturated carbocycles. The van der Waals surface area contributed by atoms with E-state index >= 15 is 0 Å². The van der Waals surface area contributed by atoms with Crippen LogP contribution in [-0.4, -0.2) is 109 Å². The molecule has 2 fully saturated rings. The van der Waals surface area contributed by atoms with Crippen LogP contribution in [0.5, 0.6) is 0 Å². The highest BCUT2D eigenvalue weighted by Crippen LogP contribution is 2.41. The van der Waals surface area contributed by atoms with Crippen LogP contribution in [-0.2, 0) is 85.4 Å². The minimum atomic E-state index is -4.19. The third-order valence-corrected chi connectivity index (χ3v) is 34.0. The summed E-state index contributed by atoms with van der Waals surface area (Å²) in [7, 11) is -17.0. The molecule has 3 aliphatic rings. The number of carbonyl (C=O) groups is 1. The van der Waals surface area contributed by atoms with Gasteiger partial charge in [0.15, 0.2) is 29.5 Å². The molecule has 2 heterocycles. The topological polar surface area (TPSA) is 308 Å². The smallest absolute Gasteiger partial charge is 0.337 e. The molecular weight excluding hydrogens is 1890 g/mol. The zero-order valence-corrected chi connectivity index (χ0v) is 81.8. The molecule has 1 aromatic heterocycles. The fourth-order valence-electron chi connectivity index (χ4n) is 16.7. The summed E-state index contributed by atoms with van der Waals surface area (Å²) in [6.45, 7) is 20.3. The molecule has 0 atom stereocenters. The second-order valence-electron chi connectivity index (χ2n) is 34.8. The molecule has 5 N–H and O–H groups in total. The van der Waals surface area contributed by atoms with Gasteiger partial charge in [0, 0.05) is 70.3 Å². The van der Waals surface area contributed by atoms with E-state index in [2.05, 4.69) is 57.6 Å². The molecular formula is C107H104Cl3F2N3O16S5. The Morgan fingerprint density at radius 1 is 0.463 bits per heavy atom. The Morgan fingerprint density at radius 2 is 0.890 bits per heavy atom. The van der Waals surface area contributed by atoms with Gasteiger partial charge in [0.2, 0.25) is 10.0 Å². The van der Waals surface area contributed by atoms with Crippen molar-refractivity contribution in [3.63, 3.8) is 0 Å². The van der Waals surface area contributed by atoms with Gasteiger partial charge in [-0.05, 0) is 207 Å². The lowest BCUT2D eigenvalue weighted by Crippen LogP contribution is -2.41. The zero-order valence-electron chi connectivity index (χ0n) is 75.4. The summed E-state index contributed by atoms with van der Waals surface area (Å²) in [4.78, 5) is 25.1. The quantitative estimate of drug-likeness (QED) is 0.0332. The third-order valence-electron chi connectivity index (χ3n) is 24.1. The van der Waals surface area contributed by atoms with Crippen molar-refractivity contribution in [2.24, 2.45) is 17.3 Å². The second-order valence-corrected chi connectivity index (χ2v) is 46.4. The van der Waals surface area contributed by atoms with Gasteiger partial charge < -0.3 is 25.4 Å². The minimum absolute atomic E-state index is 0.0210. The number of aromatic carboxylic acids is 1. The van der Waals surface area contributed by atoms with Gasteiger partial charge in [0.25, 0.3) is 15.6 Å². The van der Waals surface area contributed by atoms with Crippen LogP contribution in [0.2, 0.25) is 15.1 Å². The molecule has 13 aromatic rings. The standard InChI is InChI=1S/C25H24O3S.C24H31NO3S.C21H17Cl2NO4S.C19H20O3S.C18H12ClF2NO3S/c1-18(26)25-12-11-23(20-7-3-2-4-8-20)15-24(25)17-29(27,28)16-19-13-21-9-5-6-10-22(21)14-19;1-18(26)23-11-10-20(19-8-6-5-7-9-19)16-21(23)17-29(27,28)25-14-12-22(13-15-25)24(2,3)4;1-13-8-19(21(25)26)20(12-18(13)14-6-4-3-5-7-14)24(2)29(27,28)17-10-15(22)9-16(23)11-17;1-14(20)19-11-10-16(15-6-3-2-4-7-15)12-17(19)13-23(21,22)18-8-5-9-18;19-13-7-17(18(23)22-9-13)26(24,25)10-12-6-14(16(21)8-15(12)20)11-4-2-1-3-5-11/h2-12,15,19,26H,1,13-14,16-17H2;5-11,16,22,26H,1,12-15,17H2,2-4H3;3-12H,1-2H3,(H,25,26);2-4,6-7,10-12,18,20H,1,5,8-9,13H2;1-9H,10H2,(H,22,23). The molecule has 1 aliphatic heterocycles. The molecule has 0 bridgehead atoms. The highest BCUT2D eigenvalue weighted by molar-refractivity contribution is 7.93. The Kier molecular flexibility index (Phi) is 33.6. The molecule has 12 aromatic carbocycles. The number of aromatic nitrogens is 1. The predicted octanol–water partition coefficient (Wildman–Crippen LogP) is 24.5. The molecule has 708 valence electrons. The highest BCUT2D eigenvalue weighted by atomic mass is 35.5. The number of fused-ring (bicyclic) bond motifs is 1. The third kappa shape index (κ3) is 26.4. The molecule has 0 radical (unpaired) electrons. The number of aliphatic hydroxyl groups excluding tert-OH is 3. The Balaban J connectivity index is 0.000000153. The minimum Gasteiger partial charge on any atom is -0.508 e. The van der Waals surface area contributed by atoms with E-state index in [1.165, 1.54) is 42.4 Å². The first-order chi connectivity index (χ1) is 64.3. The van der Waals surface area contributed by atoms with Crippen LogP contribution in [0, 0.1) is 35.8 Å². The fraction of sp³-hybridized carbons (Fsp3) is 0.215. The van der Waals surface area contributed by atoms with E-state index in [0.29, 0.717) is 69.6 Å². The van der Waals surface area contributed by atoms with Crippen LogP contribution >= 0.6 is 34.8 Å². The molecule has 19 nitrogen and oxygen atoms in total. The SMILES string of the molecule is C=C(O)c1ccc(-c2ccccc2)cc1CS(=O)(=O)C1CCC1.C=C(O)c1ccc(-c2ccccc2)cc1CS(=O)(=O)CC1Cc2ccccc2C1.C=C(O)c1ccc(-c2ccccc2)cc1CS(=O)(=O)N1CCC(C(C)(C)C)CC1.Cc1cc(C(=O)O)c(N(C)S(=O)(=O)c2cc(Cl)cc(Cl)c2)cc1-c1ccccc1.O=c1[nH]cc(Cl)cc1S(=O)(=O)Cc1cc(-c2ccccc2)c(F)cc1F. The first kappa shape index (κ1) is 103. The molecule has 0 unspecified atom stereocenters. The lowest BCUT2D eigenvalue weighted by atomic mass is 9.76. The maximum absolute atomic E-state index is 14.2. The molecule has 0 spiro atoms. The molecule has 136 heavy (non-hydrogen) atoms. The summed E-state index contributed by atoms with van der Waals surface area (Å²) < 4.78 is 160. The number of hydrogen-bond acceptors (Lipinski definition) is 15. The number of piperidine rings is 1. The number of hydrogen-bond donors (Lipinski definition) is 5. The number of aliphatic hydroxyl groups is 3.